The Bertz CT molecular complexity index is 315. The molecule has 16 heavy (non-hydrogen) atoms. The lowest BCUT2D eigenvalue weighted by Crippen LogP contribution is -2.34. The highest BCUT2D eigenvalue weighted by Crippen LogP contribution is 2.12. The summed E-state index contributed by atoms with van der Waals surface area (Å²) in [5.74, 6) is 0.541. The lowest BCUT2D eigenvalue weighted by Gasteiger charge is -2.21. The van der Waals surface area contributed by atoms with E-state index in [9.17, 15) is 0 Å². The summed E-state index contributed by atoms with van der Waals surface area (Å²) in [7, 11) is 0. The third-order valence-electron chi connectivity index (χ3n) is 2.70. The van der Waals surface area contributed by atoms with Crippen molar-refractivity contribution in [1.82, 2.24) is 5.32 Å². The van der Waals surface area contributed by atoms with Gasteiger partial charge in [0.2, 0.25) is 0 Å². The molecule has 0 fully saturated rings. The summed E-state index contributed by atoms with van der Waals surface area (Å²) in [5, 5.41) is 12.5. The minimum Gasteiger partial charge on any atom is -0.396 e. The molecule has 1 unspecified atom stereocenters. The first-order valence-corrected chi connectivity index (χ1v) is 6.51. The van der Waals surface area contributed by atoms with Gasteiger partial charge in [-0.05, 0) is 30.0 Å². The van der Waals surface area contributed by atoms with Gasteiger partial charge in [-0.2, -0.15) is 0 Å². The summed E-state index contributed by atoms with van der Waals surface area (Å²) in [6, 6.07) is 8.66. The molecule has 3 heteroatoms. The number of aliphatic hydroxyl groups is 1. The summed E-state index contributed by atoms with van der Waals surface area (Å²) in [6.07, 6.45) is 0.811. The van der Waals surface area contributed by atoms with E-state index in [1.165, 1.54) is 5.56 Å². The van der Waals surface area contributed by atoms with E-state index >= 15 is 0 Å². The lowest BCUT2D eigenvalue weighted by molar-refractivity contribution is 0.244. The van der Waals surface area contributed by atoms with Gasteiger partial charge < -0.3 is 10.4 Å². The first-order chi connectivity index (χ1) is 7.63. The monoisotopic (exact) mass is 285 g/mol. The summed E-state index contributed by atoms with van der Waals surface area (Å²) >= 11 is 3.46. The highest BCUT2D eigenvalue weighted by atomic mass is 79.9. The molecule has 2 nitrogen and oxygen atoms in total. The van der Waals surface area contributed by atoms with Crippen molar-refractivity contribution in [2.75, 3.05) is 6.61 Å². The molecular formula is C13H20BrNO. The van der Waals surface area contributed by atoms with Crippen LogP contribution in [-0.2, 0) is 6.54 Å². The van der Waals surface area contributed by atoms with E-state index in [2.05, 4.69) is 47.2 Å². The standard InChI is InChI=1S/C13H20BrNO/c1-10(2)13(6-7-16)15-9-11-4-3-5-12(14)8-11/h3-5,8,10,13,15-16H,6-7,9H2,1-2H3. The van der Waals surface area contributed by atoms with E-state index in [0.29, 0.717) is 12.0 Å². The molecule has 0 aliphatic rings. The van der Waals surface area contributed by atoms with E-state index in [0.717, 1.165) is 17.4 Å². The summed E-state index contributed by atoms with van der Waals surface area (Å²) in [6.45, 7) is 5.44. The van der Waals surface area contributed by atoms with Crippen LogP contribution in [0.5, 0.6) is 0 Å². The Labute approximate surface area is 106 Å². The molecule has 0 spiro atoms. The van der Waals surface area contributed by atoms with Crippen molar-refractivity contribution < 1.29 is 5.11 Å². The Morgan fingerprint density at radius 1 is 1.38 bits per heavy atom. The normalized spacial score (nSPS) is 13.1. The van der Waals surface area contributed by atoms with E-state index in [4.69, 9.17) is 5.11 Å². The van der Waals surface area contributed by atoms with Crippen LogP contribution in [0.25, 0.3) is 0 Å². The third kappa shape index (κ3) is 4.64. The zero-order valence-electron chi connectivity index (χ0n) is 9.91. The van der Waals surface area contributed by atoms with Crippen LogP contribution in [0.3, 0.4) is 0 Å². The molecule has 0 radical (unpaired) electrons. The predicted molar refractivity (Wildman–Crippen MR) is 71.3 cm³/mol. The molecule has 90 valence electrons. The fourth-order valence-corrected chi connectivity index (χ4v) is 2.15. The average Bonchev–Trinajstić information content (AvgIpc) is 2.24. The zero-order valence-corrected chi connectivity index (χ0v) is 11.5. The van der Waals surface area contributed by atoms with Gasteiger partial charge in [0.15, 0.2) is 0 Å². The quantitative estimate of drug-likeness (QED) is 0.842. The Hall–Kier alpha value is -0.380. The second-order valence-electron chi connectivity index (χ2n) is 4.37. The van der Waals surface area contributed by atoms with Gasteiger partial charge in [0.25, 0.3) is 0 Å². The molecule has 0 saturated carbocycles. The minimum absolute atomic E-state index is 0.244. The first-order valence-electron chi connectivity index (χ1n) is 5.72. The first kappa shape index (κ1) is 13.7. The number of hydrogen-bond acceptors (Lipinski definition) is 2. The fraction of sp³-hybridized carbons (Fsp3) is 0.538. The maximum absolute atomic E-state index is 8.98. The van der Waals surface area contributed by atoms with Gasteiger partial charge >= 0.3 is 0 Å². The Morgan fingerprint density at radius 3 is 2.69 bits per heavy atom. The molecule has 0 aliphatic carbocycles. The Morgan fingerprint density at radius 2 is 2.12 bits per heavy atom. The maximum Gasteiger partial charge on any atom is 0.0445 e. The number of rotatable bonds is 6. The number of aliphatic hydroxyl groups excluding tert-OH is 1. The third-order valence-corrected chi connectivity index (χ3v) is 3.20. The molecule has 1 aromatic carbocycles. The molecule has 0 heterocycles. The molecule has 0 amide bonds. The van der Waals surface area contributed by atoms with Crippen molar-refractivity contribution in [3.8, 4) is 0 Å². The summed E-state index contributed by atoms with van der Waals surface area (Å²) < 4.78 is 1.11. The molecule has 0 aromatic heterocycles. The molecule has 2 N–H and O–H groups in total. The van der Waals surface area contributed by atoms with Gasteiger partial charge in [0.05, 0.1) is 0 Å². The smallest absolute Gasteiger partial charge is 0.0445 e. The molecule has 1 aromatic rings. The van der Waals surface area contributed by atoms with Crippen LogP contribution in [0, 0.1) is 5.92 Å². The minimum atomic E-state index is 0.244. The molecule has 1 atom stereocenters. The predicted octanol–water partition coefficient (Wildman–Crippen LogP) is 2.95. The SMILES string of the molecule is CC(C)C(CCO)NCc1cccc(Br)c1. The van der Waals surface area contributed by atoms with Crippen LogP contribution < -0.4 is 5.32 Å². The summed E-state index contributed by atoms with van der Waals surface area (Å²) in [5.41, 5.74) is 1.26. The van der Waals surface area contributed by atoms with E-state index in [1.807, 2.05) is 12.1 Å². The van der Waals surface area contributed by atoms with Gasteiger partial charge in [-0.25, -0.2) is 0 Å². The van der Waals surface area contributed by atoms with Gasteiger partial charge in [0.1, 0.15) is 0 Å². The Kier molecular flexibility index (Phi) is 6.03. The largest absolute Gasteiger partial charge is 0.396 e. The van der Waals surface area contributed by atoms with Gasteiger partial charge in [-0.3, -0.25) is 0 Å². The maximum atomic E-state index is 8.98. The molecule has 0 aliphatic heterocycles. The van der Waals surface area contributed by atoms with Gasteiger partial charge in [0, 0.05) is 23.7 Å². The van der Waals surface area contributed by atoms with Crippen LogP contribution in [0.15, 0.2) is 28.7 Å². The van der Waals surface area contributed by atoms with Crippen molar-refractivity contribution in [2.45, 2.75) is 32.9 Å². The number of hydrogen-bond donors (Lipinski definition) is 2. The van der Waals surface area contributed by atoms with Crippen LogP contribution >= 0.6 is 15.9 Å². The highest BCUT2D eigenvalue weighted by Gasteiger charge is 2.11. The van der Waals surface area contributed by atoms with E-state index in [1.54, 1.807) is 0 Å². The fourth-order valence-electron chi connectivity index (χ4n) is 1.71. The van der Waals surface area contributed by atoms with Crippen molar-refractivity contribution in [3.63, 3.8) is 0 Å². The molecular weight excluding hydrogens is 266 g/mol. The molecule has 1 rings (SSSR count). The van der Waals surface area contributed by atoms with E-state index in [-0.39, 0.29) is 6.61 Å². The topological polar surface area (TPSA) is 32.3 Å². The van der Waals surface area contributed by atoms with Crippen LogP contribution in [0.1, 0.15) is 25.8 Å². The average molecular weight is 286 g/mol. The highest BCUT2D eigenvalue weighted by molar-refractivity contribution is 9.10. The van der Waals surface area contributed by atoms with Crippen LogP contribution in [-0.4, -0.2) is 17.8 Å². The molecule has 0 saturated heterocycles. The van der Waals surface area contributed by atoms with Crippen molar-refractivity contribution in [1.29, 1.82) is 0 Å². The number of nitrogens with one attached hydrogen (secondary N) is 1. The number of halogens is 1. The van der Waals surface area contributed by atoms with Crippen LogP contribution in [0.2, 0.25) is 0 Å². The molecule has 0 bridgehead atoms. The number of benzene rings is 1. The van der Waals surface area contributed by atoms with Crippen molar-refractivity contribution in [2.24, 2.45) is 5.92 Å². The summed E-state index contributed by atoms with van der Waals surface area (Å²) in [4.78, 5) is 0. The lowest BCUT2D eigenvalue weighted by atomic mass is 10.0. The van der Waals surface area contributed by atoms with Crippen molar-refractivity contribution in [3.05, 3.63) is 34.3 Å². The van der Waals surface area contributed by atoms with Crippen molar-refractivity contribution >= 4 is 15.9 Å². The van der Waals surface area contributed by atoms with Gasteiger partial charge in [-0.15, -0.1) is 0 Å². The second kappa shape index (κ2) is 7.05. The van der Waals surface area contributed by atoms with Crippen LogP contribution in [0.4, 0.5) is 0 Å². The second-order valence-corrected chi connectivity index (χ2v) is 5.29. The van der Waals surface area contributed by atoms with E-state index < -0.39 is 0 Å². The Balaban J connectivity index is 2.48. The zero-order chi connectivity index (χ0) is 12.0. The van der Waals surface area contributed by atoms with Gasteiger partial charge in [-0.1, -0.05) is 41.9 Å².